The van der Waals surface area contributed by atoms with Crippen LogP contribution in [0.25, 0.3) is 0 Å². The van der Waals surface area contributed by atoms with Crippen molar-refractivity contribution in [1.82, 2.24) is 23.4 Å². The summed E-state index contributed by atoms with van der Waals surface area (Å²) in [6, 6.07) is -0.118. The second kappa shape index (κ2) is 23.6. The van der Waals surface area contributed by atoms with Crippen LogP contribution in [0.1, 0.15) is 125 Å². The van der Waals surface area contributed by atoms with Gasteiger partial charge in [0.2, 0.25) is 11.8 Å². The molecular formula is C34H62IN5O6. The number of ketones is 1. The number of nitrogens with one attached hydrogen (secondary N) is 1. The van der Waals surface area contributed by atoms with Gasteiger partial charge in [0.15, 0.2) is 0 Å². The highest BCUT2D eigenvalue weighted by Gasteiger charge is 2.28. The van der Waals surface area contributed by atoms with E-state index >= 15 is 0 Å². The third kappa shape index (κ3) is 19.2. The number of halogens is 1. The van der Waals surface area contributed by atoms with Gasteiger partial charge in [-0.2, -0.15) is 0 Å². The van der Waals surface area contributed by atoms with E-state index in [1.807, 2.05) is 45.5 Å². The molecule has 0 radical (unpaired) electrons. The maximum atomic E-state index is 12.7. The van der Waals surface area contributed by atoms with Gasteiger partial charge >= 0.3 is 0 Å². The summed E-state index contributed by atoms with van der Waals surface area (Å²) in [6.07, 6.45) is 10.9. The first-order valence-corrected chi connectivity index (χ1v) is 18.3. The lowest BCUT2D eigenvalue weighted by Gasteiger charge is -2.29. The smallest absolute Gasteiger partial charge is 0.231 e. The number of ether oxygens (including phenoxy) is 3. The van der Waals surface area contributed by atoms with Gasteiger partial charge in [-0.1, -0.05) is 32.4 Å². The molecule has 1 rings (SSSR count). The molecule has 0 saturated heterocycles. The van der Waals surface area contributed by atoms with Crippen molar-refractivity contribution in [1.29, 1.82) is 0 Å². The predicted octanol–water partition coefficient (Wildman–Crippen LogP) is 6.26. The van der Waals surface area contributed by atoms with Gasteiger partial charge in [0.05, 0.1) is 53.4 Å². The van der Waals surface area contributed by atoms with Gasteiger partial charge in [0, 0.05) is 63.8 Å². The van der Waals surface area contributed by atoms with Gasteiger partial charge in [0.1, 0.15) is 5.78 Å². The predicted molar refractivity (Wildman–Crippen MR) is 190 cm³/mol. The molecule has 12 heteroatoms. The van der Waals surface area contributed by atoms with E-state index in [-0.39, 0.29) is 28.9 Å². The van der Waals surface area contributed by atoms with Crippen molar-refractivity contribution in [2.75, 3.05) is 39.6 Å². The molecule has 0 spiro atoms. The highest BCUT2D eigenvalue weighted by atomic mass is 127. The lowest BCUT2D eigenvalue weighted by atomic mass is 9.83. The van der Waals surface area contributed by atoms with Crippen molar-refractivity contribution in [3.8, 4) is 0 Å². The highest BCUT2D eigenvalue weighted by molar-refractivity contribution is 14.1. The topological polar surface area (TPSA) is 125 Å². The van der Waals surface area contributed by atoms with Crippen LogP contribution in [-0.4, -0.2) is 86.9 Å². The molecule has 0 atom stereocenters. The molecule has 1 heterocycles. The molecule has 0 aromatic carbocycles. The van der Waals surface area contributed by atoms with E-state index in [1.54, 1.807) is 3.11 Å². The maximum Gasteiger partial charge on any atom is 0.231 e. The number of unbranched alkanes of at least 4 members (excludes halogenated alkanes) is 2. The Morgan fingerprint density at radius 2 is 1.63 bits per heavy atom. The standard InChI is InChI=1S/C34H62IN5O6/c1-8-16-30(41)33(4,5)21-24-46-34(6,7)20-15-23-40(35)32(43)19-14-17-28-25-39(38-37-28)22-13-11-12-18-31(42)36-29(26-44-9-2)27-45-10-3/h25,29H,8-24,26-27H2,1-7H3,(H,36,42). The summed E-state index contributed by atoms with van der Waals surface area (Å²) < 4.78 is 20.6. The molecule has 46 heavy (non-hydrogen) atoms. The van der Waals surface area contributed by atoms with Crippen molar-refractivity contribution in [3.63, 3.8) is 0 Å². The fourth-order valence-electron chi connectivity index (χ4n) is 4.92. The van der Waals surface area contributed by atoms with Gasteiger partial charge in [-0.15, -0.1) is 5.10 Å². The molecule has 1 N–H and O–H groups in total. The summed E-state index contributed by atoms with van der Waals surface area (Å²) in [7, 11) is 0. The van der Waals surface area contributed by atoms with Crippen molar-refractivity contribution in [2.45, 2.75) is 144 Å². The number of hydrogen-bond acceptors (Lipinski definition) is 8. The molecule has 0 aliphatic carbocycles. The first-order valence-electron chi connectivity index (χ1n) is 17.3. The van der Waals surface area contributed by atoms with Crippen molar-refractivity contribution in [2.24, 2.45) is 5.41 Å². The van der Waals surface area contributed by atoms with Gasteiger partial charge in [-0.3, -0.25) is 22.2 Å². The number of rotatable bonds is 28. The van der Waals surface area contributed by atoms with E-state index in [2.05, 4.69) is 52.3 Å². The third-order valence-electron chi connectivity index (χ3n) is 7.97. The fraction of sp³-hybridized carbons (Fsp3) is 0.853. The summed E-state index contributed by atoms with van der Waals surface area (Å²) in [6.45, 7) is 18.2. The van der Waals surface area contributed by atoms with Gasteiger partial charge < -0.3 is 19.5 Å². The van der Waals surface area contributed by atoms with Crippen LogP contribution in [0.15, 0.2) is 6.20 Å². The minimum Gasteiger partial charge on any atom is -0.380 e. The number of hydrogen-bond donors (Lipinski definition) is 1. The highest BCUT2D eigenvalue weighted by Crippen LogP contribution is 2.26. The first-order chi connectivity index (χ1) is 21.8. The van der Waals surface area contributed by atoms with Crippen LogP contribution in [0, 0.1) is 5.41 Å². The Hall–Kier alpha value is -1.64. The molecule has 1 aromatic rings. The van der Waals surface area contributed by atoms with Crippen LogP contribution in [0.4, 0.5) is 0 Å². The van der Waals surface area contributed by atoms with Crippen LogP contribution in [0.2, 0.25) is 0 Å². The summed E-state index contributed by atoms with van der Waals surface area (Å²) in [5.41, 5.74) is 0.230. The van der Waals surface area contributed by atoms with Gasteiger partial charge in [-0.25, -0.2) is 0 Å². The Balaban J connectivity index is 2.23. The quantitative estimate of drug-likeness (QED) is 0.0603. The van der Waals surface area contributed by atoms with Crippen molar-refractivity contribution in [3.05, 3.63) is 11.9 Å². The van der Waals surface area contributed by atoms with Crippen LogP contribution in [0.5, 0.6) is 0 Å². The Labute approximate surface area is 292 Å². The van der Waals surface area contributed by atoms with Crippen LogP contribution in [-0.2, 0) is 41.6 Å². The number of Topliss-reactive ketones (excluding diaryl/α,β-unsaturated/α-hetero) is 1. The zero-order valence-corrected chi connectivity index (χ0v) is 31.9. The summed E-state index contributed by atoms with van der Waals surface area (Å²) in [5.74, 6) is 0.443. The summed E-state index contributed by atoms with van der Waals surface area (Å²) >= 11 is 2.11. The molecule has 0 aliphatic heterocycles. The summed E-state index contributed by atoms with van der Waals surface area (Å²) in [4.78, 5) is 37.3. The van der Waals surface area contributed by atoms with Crippen molar-refractivity contribution >= 4 is 40.5 Å². The molecule has 1 aromatic heterocycles. The molecule has 0 fully saturated rings. The number of carbonyl (C=O) groups excluding carboxylic acids is 3. The zero-order chi connectivity index (χ0) is 34.4. The van der Waals surface area contributed by atoms with Crippen LogP contribution >= 0.6 is 22.9 Å². The number of aromatic nitrogens is 3. The Kier molecular flexibility index (Phi) is 21.8. The Bertz CT molecular complexity index is 994. The molecule has 0 unspecified atom stereocenters. The zero-order valence-electron chi connectivity index (χ0n) is 29.7. The van der Waals surface area contributed by atoms with E-state index in [9.17, 15) is 14.4 Å². The molecule has 0 aliphatic rings. The van der Waals surface area contributed by atoms with Crippen LogP contribution < -0.4 is 5.32 Å². The molecule has 11 nitrogen and oxygen atoms in total. The van der Waals surface area contributed by atoms with Gasteiger partial charge in [-0.05, 0) is 79.1 Å². The molecular weight excluding hydrogens is 701 g/mol. The second-order valence-electron chi connectivity index (χ2n) is 13.2. The number of carbonyl (C=O) groups is 3. The average Bonchev–Trinajstić information content (AvgIpc) is 3.45. The largest absolute Gasteiger partial charge is 0.380 e. The minimum atomic E-state index is -0.356. The molecule has 0 bridgehead atoms. The summed E-state index contributed by atoms with van der Waals surface area (Å²) in [5, 5.41) is 11.5. The number of aryl methyl sites for hydroxylation is 2. The van der Waals surface area contributed by atoms with Crippen LogP contribution in [0.3, 0.4) is 0 Å². The monoisotopic (exact) mass is 763 g/mol. The number of amides is 2. The normalized spacial score (nSPS) is 12.1. The average molecular weight is 764 g/mol. The minimum absolute atomic E-state index is 0.0253. The SMILES string of the molecule is CCCC(=O)C(C)(C)CCOC(C)(C)CCCN(I)C(=O)CCCc1cn(CCCCCC(=O)NC(COCC)COCC)nn1. The van der Waals surface area contributed by atoms with E-state index in [0.29, 0.717) is 77.5 Å². The number of nitrogens with zero attached hydrogens (tertiary/aromatic N) is 4. The van der Waals surface area contributed by atoms with E-state index in [4.69, 9.17) is 14.2 Å². The maximum absolute atomic E-state index is 12.7. The van der Waals surface area contributed by atoms with E-state index < -0.39 is 0 Å². The van der Waals surface area contributed by atoms with Crippen molar-refractivity contribution < 1.29 is 28.6 Å². The van der Waals surface area contributed by atoms with Gasteiger partial charge in [0.25, 0.3) is 0 Å². The lowest BCUT2D eigenvalue weighted by molar-refractivity contribution is -0.129. The third-order valence-corrected chi connectivity index (χ3v) is 8.99. The Morgan fingerprint density at radius 1 is 0.935 bits per heavy atom. The van der Waals surface area contributed by atoms with E-state index in [1.165, 1.54) is 0 Å². The molecule has 266 valence electrons. The lowest BCUT2D eigenvalue weighted by Crippen LogP contribution is -2.41. The first kappa shape index (κ1) is 42.4. The fourth-order valence-corrected chi connectivity index (χ4v) is 5.50. The Morgan fingerprint density at radius 3 is 2.28 bits per heavy atom. The molecule has 0 saturated carbocycles. The molecule has 2 amide bonds. The second-order valence-corrected chi connectivity index (χ2v) is 14.4. The van der Waals surface area contributed by atoms with E-state index in [0.717, 1.165) is 57.2 Å².